The van der Waals surface area contributed by atoms with Crippen molar-refractivity contribution in [2.24, 2.45) is 0 Å². The summed E-state index contributed by atoms with van der Waals surface area (Å²) >= 11 is 7.41. The second-order valence-electron chi connectivity index (χ2n) is 2.72. The van der Waals surface area contributed by atoms with Crippen LogP contribution in [0.3, 0.4) is 0 Å². The van der Waals surface area contributed by atoms with E-state index in [1.165, 1.54) is 11.3 Å². The van der Waals surface area contributed by atoms with Crippen molar-refractivity contribution in [3.63, 3.8) is 0 Å². The number of thiophene rings is 1. The van der Waals surface area contributed by atoms with Gasteiger partial charge >= 0.3 is 0 Å². The Morgan fingerprint density at radius 3 is 2.86 bits per heavy atom. The van der Waals surface area contributed by atoms with E-state index in [1.807, 2.05) is 30.3 Å². The van der Waals surface area contributed by atoms with Crippen LogP contribution in [0, 0.1) is 6.07 Å². The third kappa shape index (κ3) is 1.76. The largest absolute Gasteiger partial charge is 0.495 e. The minimum absolute atomic E-state index is 0.756. The summed E-state index contributed by atoms with van der Waals surface area (Å²) in [4.78, 5) is 1.10. The van der Waals surface area contributed by atoms with Gasteiger partial charge in [-0.3, -0.25) is 0 Å². The van der Waals surface area contributed by atoms with Crippen molar-refractivity contribution in [3.05, 3.63) is 40.7 Å². The normalized spacial score (nSPS) is 10.1. The Morgan fingerprint density at radius 2 is 2.21 bits per heavy atom. The first kappa shape index (κ1) is 9.56. The second kappa shape index (κ2) is 4.03. The molecule has 0 fully saturated rings. The first-order chi connectivity index (χ1) is 6.81. The van der Waals surface area contributed by atoms with E-state index in [1.54, 1.807) is 7.11 Å². The fraction of sp³-hybridized carbons (Fsp3) is 0.0909. The highest BCUT2D eigenvalue weighted by Gasteiger charge is 2.06. The highest BCUT2D eigenvalue weighted by atomic mass is 35.5. The summed E-state index contributed by atoms with van der Waals surface area (Å²) in [5.41, 5.74) is 1.03. The zero-order chi connectivity index (χ0) is 9.97. The minimum atomic E-state index is 0.756. The van der Waals surface area contributed by atoms with Crippen molar-refractivity contribution in [2.75, 3.05) is 7.11 Å². The number of benzene rings is 1. The standard InChI is InChI=1S/C11H8ClOS/c1-13-9-5-3-2-4-8(9)10-6-7-11(12)14-10/h2-4,6-7H,1H3. The second-order valence-corrected chi connectivity index (χ2v) is 4.44. The Labute approximate surface area is 91.9 Å². The van der Waals surface area contributed by atoms with Gasteiger partial charge in [-0.2, -0.15) is 0 Å². The van der Waals surface area contributed by atoms with Crippen LogP contribution in [-0.4, -0.2) is 7.11 Å². The Morgan fingerprint density at radius 1 is 1.36 bits per heavy atom. The number of para-hydroxylation sites is 1. The van der Waals surface area contributed by atoms with Crippen LogP contribution in [0.4, 0.5) is 0 Å². The van der Waals surface area contributed by atoms with Crippen LogP contribution in [0.15, 0.2) is 30.3 Å². The van der Waals surface area contributed by atoms with Crippen LogP contribution >= 0.6 is 22.9 Å². The van der Waals surface area contributed by atoms with E-state index >= 15 is 0 Å². The molecule has 2 aromatic rings. The molecule has 0 spiro atoms. The average Bonchev–Trinajstić information content (AvgIpc) is 2.65. The van der Waals surface area contributed by atoms with Gasteiger partial charge in [0.25, 0.3) is 0 Å². The van der Waals surface area contributed by atoms with E-state index < -0.39 is 0 Å². The molecular formula is C11H8ClOS. The molecule has 3 heteroatoms. The maximum absolute atomic E-state index is 5.87. The average molecular weight is 224 g/mol. The lowest BCUT2D eigenvalue weighted by molar-refractivity contribution is 0.415. The zero-order valence-electron chi connectivity index (χ0n) is 7.58. The predicted molar refractivity (Wildman–Crippen MR) is 60.2 cm³/mol. The fourth-order valence-corrected chi connectivity index (χ4v) is 2.31. The summed E-state index contributed by atoms with van der Waals surface area (Å²) in [6.45, 7) is 0. The Hall–Kier alpha value is -0.990. The molecule has 0 aliphatic rings. The van der Waals surface area contributed by atoms with Crippen molar-refractivity contribution in [1.82, 2.24) is 0 Å². The van der Waals surface area contributed by atoms with Crippen LogP contribution in [-0.2, 0) is 0 Å². The van der Waals surface area contributed by atoms with Crippen molar-refractivity contribution in [2.45, 2.75) is 0 Å². The van der Waals surface area contributed by atoms with Crippen LogP contribution < -0.4 is 4.74 Å². The van der Waals surface area contributed by atoms with Gasteiger partial charge in [-0.1, -0.05) is 23.7 Å². The van der Waals surface area contributed by atoms with Crippen molar-refractivity contribution >= 4 is 22.9 Å². The summed E-state index contributed by atoms with van der Waals surface area (Å²) < 4.78 is 6.00. The summed E-state index contributed by atoms with van der Waals surface area (Å²) in [6.07, 6.45) is 0. The van der Waals surface area contributed by atoms with Gasteiger partial charge in [0, 0.05) is 16.5 Å². The summed E-state index contributed by atoms with van der Waals surface area (Å²) in [5, 5.41) is 0. The molecule has 0 aliphatic heterocycles. The smallest absolute Gasteiger partial charge is 0.135 e. The first-order valence-electron chi connectivity index (χ1n) is 4.11. The molecule has 2 rings (SSSR count). The SMILES string of the molecule is COc1[c]cccc1-c1ccc(Cl)s1. The van der Waals surface area contributed by atoms with E-state index in [-0.39, 0.29) is 0 Å². The quantitative estimate of drug-likeness (QED) is 0.751. The van der Waals surface area contributed by atoms with Gasteiger partial charge in [0.05, 0.1) is 11.4 Å². The number of hydrogen-bond donors (Lipinski definition) is 0. The molecule has 0 saturated heterocycles. The Kier molecular flexibility index (Phi) is 2.75. The molecule has 71 valence electrons. The summed E-state index contributed by atoms with van der Waals surface area (Å²) in [7, 11) is 1.64. The Balaban J connectivity index is 2.50. The first-order valence-corrected chi connectivity index (χ1v) is 5.31. The molecule has 0 aliphatic carbocycles. The van der Waals surface area contributed by atoms with Gasteiger partial charge in [0.15, 0.2) is 0 Å². The van der Waals surface area contributed by atoms with Crippen molar-refractivity contribution in [3.8, 4) is 16.2 Å². The van der Waals surface area contributed by atoms with Crippen molar-refractivity contribution in [1.29, 1.82) is 0 Å². The molecule has 0 unspecified atom stereocenters. The molecule has 0 amide bonds. The molecule has 0 bridgehead atoms. The molecule has 1 heterocycles. The number of methoxy groups -OCH3 is 1. The third-order valence-electron chi connectivity index (χ3n) is 1.86. The van der Waals surface area contributed by atoms with E-state index in [4.69, 9.17) is 16.3 Å². The van der Waals surface area contributed by atoms with Gasteiger partial charge in [-0.15, -0.1) is 11.3 Å². The van der Waals surface area contributed by atoms with Crippen LogP contribution in [0.5, 0.6) is 5.75 Å². The topological polar surface area (TPSA) is 9.23 Å². The van der Waals surface area contributed by atoms with Gasteiger partial charge in [0.1, 0.15) is 5.75 Å². The van der Waals surface area contributed by atoms with E-state index in [2.05, 4.69) is 6.07 Å². The lowest BCUT2D eigenvalue weighted by Gasteiger charge is -2.04. The molecule has 0 N–H and O–H groups in total. The molecule has 1 radical (unpaired) electrons. The highest BCUT2D eigenvalue weighted by Crippen LogP contribution is 2.35. The van der Waals surface area contributed by atoms with Gasteiger partial charge in [-0.25, -0.2) is 0 Å². The lowest BCUT2D eigenvalue weighted by atomic mass is 10.2. The molecule has 14 heavy (non-hydrogen) atoms. The van der Waals surface area contributed by atoms with Gasteiger partial charge in [-0.05, 0) is 18.2 Å². The summed E-state index contributed by atoms with van der Waals surface area (Å²) in [5.74, 6) is 0.756. The molecular weight excluding hydrogens is 216 g/mol. The van der Waals surface area contributed by atoms with E-state index in [0.29, 0.717) is 0 Å². The van der Waals surface area contributed by atoms with Crippen LogP contribution in [0.2, 0.25) is 4.34 Å². The van der Waals surface area contributed by atoms with Gasteiger partial charge in [0.2, 0.25) is 0 Å². The third-order valence-corrected chi connectivity index (χ3v) is 3.13. The van der Waals surface area contributed by atoms with Crippen molar-refractivity contribution < 1.29 is 4.74 Å². The predicted octanol–water partition coefficient (Wildman–Crippen LogP) is 3.88. The lowest BCUT2D eigenvalue weighted by Crippen LogP contribution is -1.85. The maximum atomic E-state index is 5.87. The molecule has 1 nitrogen and oxygen atoms in total. The molecule has 0 saturated carbocycles. The number of hydrogen-bond acceptors (Lipinski definition) is 2. The number of halogens is 1. The summed E-state index contributed by atoms with van der Waals surface area (Å²) in [6, 6.07) is 12.7. The number of rotatable bonds is 2. The minimum Gasteiger partial charge on any atom is -0.495 e. The van der Waals surface area contributed by atoms with Gasteiger partial charge < -0.3 is 4.74 Å². The Bertz CT molecular complexity index is 436. The van der Waals surface area contributed by atoms with Crippen LogP contribution in [0.1, 0.15) is 0 Å². The molecule has 0 atom stereocenters. The molecule has 1 aromatic carbocycles. The van der Waals surface area contributed by atoms with Crippen LogP contribution in [0.25, 0.3) is 10.4 Å². The number of ether oxygens (including phenoxy) is 1. The maximum Gasteiger partial charge on any atom is 0.135 e. The molecule has 1 aromatic heterocycles. The zero-order valence-corrected chi connectivity index (χ0v) is 9.15. The highest BCUT2D eigenvalue weighted by molar-refractivity contribution is 7.19. The van der Waals surface area contributed by atoms with E-state index in [9.17, 15) is 0 Å². The monoisotopic (exact) mass is 223 g/mol. The fourth-order valence-electron chi connectivity index (χ4n) is 1.24. The van der Waals surface area contributed by atoms with E-state index in [0.717, 1.165) is 20.5 Å².